The number of allylic oxidation sites excluding steroid dienone is 1. The Bertz CT molecular complexity index is 353. The van der Waals surface area contributed by atoms with Gasteiger partial charge in [0, 0.05) is 0 Å². The van der Waals surface area contributed by atoms with Crippen LogP contribution in [0.4, 0.5) is 0 Å². The Morgan fingerprint density at radius 1 is 1.23 bits per heavy atom. The molecule has 0 saturated carbocycles. The maximum atomic E-state index is 8.44. The maximum Gasteiger partial charge on any atom is 0.237 e. The standard InChI is InChI=1S/C6H3BrN6/c7-6(11)5(3-10)13-12-4(1-8)2-9/h13H,11H2/b6-5+. The van der Waals surface area contributed by atoms with E-state index >= 15 is 0 Å². The fraction of sp³-hybridized carbons (Fsp3) is 0. The van der Waals surface area contributed by atoms with Crippen molar-refractivity contribution in [2.45, 2.75) is 0 Å². The van der Waals surface area contributed by atoms with Crippen LogP contribution in [0.2, 0.25) is 0 Å². The number of hydrogen-bond acceptors (Lipinski definition) is 6. The number of nitrogens with zero attached hydrogens (tertiary/aromatic N) is 4. The molecular weight excluding hydrogens is 236 g/mol. The summed E-state index contributed by atoms with van der Waals surface area (Å²) in [5, 5.41) is 28.3. The molecule has 3 N–H and O–H groups in total. The maximum absolute atomic E-state index is 8.44. The van der Waals surface area contributed by atoms with Crippen LogP contribution < -0.4 is 11.2 Å². The first kappa shape index (κ1) is 11.0. The Balaban J connectivity index is 4.63. The molecule has 0 fully saturated rings. The van der Waals surface area contributed by atoms with E-state index in [2.05, 4.69) is 26.5 Å². The number of halogens is 1. The molecule has 0 atom stereocenters. The number of nitrogens with one attached hydrogen (secondary N) is 1. The van der Waals surface area contributed by atoms with Crippen LogP contribution in [0.1, 0.15) is 0 Å². The second-order valence-electron chi connectivity index (χ2n) is 1.63. The van der Waals surface area contributed by atoms with Gasteiger partial charge in [0.05, 0.1) is 0 Å². The highest BCUT2D eigenvalue weighted by Crippen LogP contribution is 2.00. The molecular formula is C6H3BrN6. The van der Waals surface area contributed by atoms with Gasteiger partial charge >= 0.3 is 0 Å². The smallest absolute Gasteiger partial charge is 0.237 e. The van der Waals surface area contributed by atoms with Gasteiger partial charge in [-0.05, 0) is 15.9 Å². The Morgan fingerprint density at radius 3 is 2.08 bits per heavy atom. The molecule has 0 radical (unpaired) electrons. The van der Waals surface area contributed by atoms with Gasteiger partial charge in [0.15, 0.2) is 5.70 Å². The second-order valence-corrected chi connectivity index (χ2v) is 2.48. The molecule has 0 unspecified atom stereocenters. The van der Waals surface area contributed by atoms with Crippen LogP contribution >= 0.6 is 15.9 Å². The van der Waals surface area contributed by atoms with Gasteiger partial charge in [-0.2, -0.15) is 20.9 Å². The van der Waals surface area contributed by atoms with E-state index in [0.717, 1.165) is 0 Å². The molecule has 0 amide bonds. The molecule has 0 bridgehead atoms. The van der Waals surface area contributed by atoms with Crippen LogP contribution in [0, 0.1) is 34.0 Å². The fourth-order valence-electron chi connectivity index (χ4n) is 0.319. The van der Waals surface area contributed by atoms with Crippen molar-refractivity contribution in [1.29, 1.82) is 15.8 Å². The number of nitrogens with two attached hydrogens (primary N) is 1. The number of rotatable bonds is 2. The van der Waals surface area contributed by atoms with E-state index in [1.165, 1.54) is 12.1 Å². The monoisotopic (exact) mass is 238 g/mol. The van der Waals surface area contributed by atoms with Crippen molar-refractivity contribution in [2.75, 3.05) is 0 Å². The van der Waals surface area contributed by atoms with Gasteiger partial charge in [-0.1, -0.05) is 0 Å². The molecule has 64 valence electrons. The molecule has 0 heterocycles. The molecule has 0 spiro atoms. The van der Waals surface area contributed by atoms with Crippen LogP contribution in [0.5, 0.6) is 0 Å². The zero-order valence-electron chi connectivity index (χ0n) is 6.24. The van der Waals surface area contributed by atoms with Crippen molar-refractivity contribution >= 4 is 21.6 Å². The highest BCUT2D eigenvalue weighted by Gasteiger charge is 1.98. The molecule has 0 saturated heterocycles. The summed E-state index contributed by atoms with van der Waals surface area (Å²) in [5.41, 5.74) is 6.90. The molecule has 0 rings (SSSR count). The Kier molecular flexibility index (Phi) is 4.71. The summed E-state index contributed by atoms with van der Waals surface area (Å²) in [6.45, 7) is 0. The van der Waals surface area contributed by atoms with Crippen LogP contribution in [0.25, 0.3) is 0 Å². The second kappa shape index (κ2) is 5.59. The summed E-state index contributed by atoms with van der Waals surface area (Å²) in [4.78, 5) is 0. The predicted octanol–water partition coefficient (Wildman–Crippen LogP) is 0.0254. The average molecular weight is 239 g/mol. The van der Waals surface area contributed by atoms with Crippen LogP contribution in [0.15, 0.2) is 15.4 Å². The van der Waals surface area contributed by atoms with E-state index < -0.39 is 0 Å². The van der Waals surface area contributed by atoms with Crippen molar-refractivity contribution in [3.8, 4) is 18.2 Å². The minimum atomic E-state index is -0.387. The lowest BCUT2D eigenvalue weighted by Crippen LogP contribution is -2.11. The summed E-state index contributed by atoms with van der Waals surface area (Å²) in [7, 11) is 0. The largest absolute Gasteiger partial charge is 0.391 e. The molecule has 0 aromatic heterocycles. The Labute approximate surface area is 82.7 Å². The summed E-state index contributed by atoms with van der Waals surface area (Å²) >= 11 is 2.83. The van der Waals surface area contributed by atoms with E-state index in [9.17, 15) is 0 Å². The zero-order valence-corrected chi connectivity index (χ0v) is 7.83. The summed E-state index contributed by atoms with van der Waals surface area (Å²) in [6.07, 6.45) is 0. The summed E-state index contributed by atoms with van der Waals surface area (Å²) in [5.74, 6) is 0. The molecule has 0 aliphatic rings. The minimum Gasteiger partial charge on any atom is -0.391 e. The number of hydrogen-bond donors (Lipinski definition) is 2. The minimum absolute atomic E-state index is 0.0500. The normalized spacial score (nSPS) is 9.69. The van der Waals surface area contributed by atoms with E-state index in [1.807, 2.05) is 0 Å². The van der Waals surface area contributed by atoms with E-state index in [0.29, 0.717) is 0 Å². The van der Waals surface area contributed by atoms with Gasteiger partial charge in [-0.25, -0.2) is 0 Å². The van der Waals surface area contributed by atoms with Crippen molar-refractivity contribution in [2.24, 2.45) is 10.8 Å². The molecule has 6 nitrogen and oxygen atoms in total. The lowest BCUT2D eigenvalue weighted by Gasteiger charge is -1.96. The zero-order chi connectivity index (χ0) is 10.3. The Hall–Kier alpha value is -2.04. The lowest BCUT2D eigenvalue weighted by atomic mass is 10.5. The van der Waals surface area contributed by atoms with E-state index in [4.69, 9.17) is 21.5 Å². The highest BCUT2D eigenvalue weighted by atomic mass is 79.9. The number of hydrazone groups is 1. The third-order valence-electron chi connectivity index (χ3n) is 0.842. The van der Waals surface area contributed by atoms with E-state index in [-0.39, 0.29) is 16.0 Å². The third kappa shape index (κ3) is 3.76. The van der Waals surface area contributed by atoms with Crippen LogP contribution in [0.3, 0.4) is 0 Å². The van der Waals surface area contributed by atoms with Crippen LogP contribution in [-0.2, 0) is 0 Å². The van der Waals surface area contributed by atoms with Gasteiger partial charge in [-0.15, -0.1) is 0 Å². The molecule has 7 heteroatoms. The molecule has 0 aliphatic heterocycles. The van der Waals surface area contributed by atoms with Gasteiger partial charge in [0.25, 0.3) is 0 Å². The molecule has 0 aromatic carbocycles. The lowest BCUT2D eigenvalue weighted by molar-refractivity contribution is 0.917. The van der Waals surface area contributed by atoms with Crippen molar-refractivity contribution < 1.29 is 0 Å². The number of nitriles is 3. The highest BCUT2D eigenvalue weighted by molar-refractivity contribution is 9.11. The molecule has 0 aromatic rings. The fourth-order valence-corrected chi connectivity index (χ4v) is 0.496. The van der Waals surface area contributed by atoms with Crippen molar-refractivity contribution in [3.63, 3.8) is 0 Å². The van der Waals surface area contributed by atoms with Crippen molar-refractivity contribution in [1.82, 2.24) is 5.43 Å². The van der Waals surface area contributed by atoms with Crippen LogP contribution in [-0.4, -0.2) is 5.71 Å². The van der Waals surface area contributed by atoms with Gasteiger partial charge in [0.2, 0.25) is 5.71 Å². The molecule has 0 aliphatic carbocycles. The Morgan fingerprint density at radius 2 is 1.77 bits per heavy atom. The van der Waals surface area contributed by atoms with Gasteiger partial charge in [-0.3, -0.25) is 5.43 Å². The predicted molar refractivity (Wildman–Crippen MR) is 47.6 cm³/mol. The van der Waals surface area contributed by atoms with Gasteiger partial charge in [0.1, 0.15) is 22.8 Å². The van der Waals surface area contributed by atoms with E-state index in [1.54, 1.807) is 6.07 Å². The summed E-state index contributed by atoms with van der Waals surface area (Å²) < 4.78 is 0.0500. The summed E-state index contributed by atoms with van der Waals surface area (Å²) in [6, 6.07) is 4.69. The van der Waals surface area contributed by atoms with Gasteiger partial charge < -0.3 is 5.73 Å². The first-order valence-corrected chi connectivity index (χ1v) is 3.64. The molecule has 13 heavy (non-hydrogen) atoms. The average Bonchev–Trinajstić information content (AvgIpc) is 2.12. The third-order valence-corrected chi connectivity index (χ3v) is 1.24. The first-order valence-electron chi connectivity index (χ1n) is 2.85. The quantitative estimate of drug-likeness (QED) is 0.304. The SMILES string of the molecule is N#CC(C#N)=NN/C(C#N)=C(/N)Br. The van der Waals surface area contributed by atoms with Crippen molar-refractivity contribution in [3.05, 3.63) is 10.3 Å². The first-order chi connectivity index (χ1) is 6.15. The topological polar surface area (TPSA) is 122 Å².